The summed E-state index contributed by atoms with van der Waals surface area (Å²) in [6, 6.07) is 6.03. The molecular weight excluding hydrogens is 346 g/mol. The van der Waals surface area contributed by atoms with E-state index < -0.39 is 0 Å². The van der Waals surface area contributed by atoms with E-state index in [-0.39, 0.29) is 5.97 Å². The number of esters is 1. The molecule has 7 heteroatoms. The van der Waals surface area contributed by atoms with Gasteiger partial charge in [-0.1, -0.05) is 18.9 Å². The predicted molar refractivity (Wildman–Crippen MR) is 105 cm³/mol. The van der Waals surface area contributed by atoms with E-state index in [0.29, 0.717) is 19.8 Å². The highest BCUT2D eigenvalue weighted by Gasteiger charge is 2.12. The Morgan fingerprint density at radius 1 is 1.11 bits per heavy atom. The number of fused-ring (bicyclic) bond motifs is 1. The summed E-state index contributed by atoms with van der Waals surface area (Å²) < 4.78 is 15.6. The van der Waals surface area contributed by atoms with Crippen molar-refractivity contribution in [2.24, 2.45) is 4.99 Å². The van der Waals surface area contributed by atoms with Crippen molar-refractivity contribution in [2.75, 3.05) is 33.5 Å². The number of nitrogens with one attached hydrogen (secondary N) is 2. The van der Waals surface area contributed by atoms with Crippen LogP contribution in [0, 0.1) is 0 Å². The van der Waals surface area contributed by atoms with Gasteiger partial charge in [-0.15, -0.1) is 0 Å². The number of benzene rings is 1. The van der Waals surface area contributed by atoms with E-state index in [1.807, 2.05) is 19.1 Å². The average molecular weight is 377 g/mol. The zero-order chi connectivity index (χ0) is 19.3. The maximum Gasteiger partial charge on any atom is 0.305 e. The largest absolute Gasteiger partial charge is 0.466 e. The van der Waals surface area contributed by atoms with E-state index in [0.717, 1.165) is 62.7 Å². The van der Waals surface area contributed by atoms with Gasteiger partial charge in [-0.25, -0.2) is 0 Å². The van der Waals surface area contributed by atoms with Crippen molar-refractivity contribution in [3.8, 4) is 11.5 Å². The number of ether oxygens (including phenoxy) is 3. The van der Waals surface area contributed by atoms with E-state index in [1.165, 1.54) is 5.56 Å². The Morgan fingerprint density at radius 3 is 2.70 bits per heavy atom. The standard InChI is InChI=1S/C20H31N3O4/c1-3-25-19(24)8-6-4-5-7-12-22-20(21-2)23-13-11-16-9-10-17-18(14-16)27-15-26-17/h9-10,14H,3-8,11-13,15H2,1-2H3,(H2,21,22,23). The Morgan fingerprint density at radius 2 is 1.89 bits per heavy atom. The minimum atomic E-state index is -0.0947. The van der Waals surface area contributed by atoms with E-state index in [4.69, 9.17) is 14.2 Å². The molecule has 0 fully saturated rings. The summed E-state index contributed by atoms with van der Waals surface area (Å²) in [6.45, 7) is 4.25. The van der Waals surface area contributed by atoms with Crippen LogP contribution < -0.4 is 20.1 Å². The summed E-state index contributed by atoms with van der Waals surface area (Å²) in [7, 11) is 1.77. The average Bonchev–Trinajstić information content (AvgIpc) is 3.14. The molecule has 0 bridgehead atoms. The molecule has 27 heavy (non-hydrogen) atoms. The van der Waals surface area contributed by atoms with Gasteiger partial charge in [0.1, 0.15) is 0 Å². The lowest BCUT2D eigenvalue weighted by molar-refractivity contribution is -0.143. The highest BCUT2D eigenvalue weighted by Crippen LogP contribution is 2.32. The third kappa shape index (κ3) is 7.76. The lowest BCUT2D eigenvalue weighted by Gasteiger charge is -2.12. The normalized spacial score (nSPS) is 12.7. The zero-order valence-corrected chi connectivity index (χ0v) is 16.4. The lowest BCUT2D eigenvalue weighted by atomic mass is 10.1. The smallest absolute Gasteiger partial charge is 0.305 e. The maximum absolute atomic E-state index is 11.2. The van der Waals surface area contributed by atoms with Crippen LogP contribution in [0.2, 0.25) is 0 Å². The number of nitrogens with zero attached hydrogens (tertiary/aromatic N) is 1. The Hall–Kier alpha value is -2.44. The molecule has 1 aromatic carbocycles. The molecule has 0 amide bonds. The van der Waals surface area contributed by atoms with Gasteiger partial charge in [0.05, 0.1) is 6.61 Å². The number of aliphatic imine (C=N–C) groups is 1. The highest BCUT2D eigenvalue weighted by molar-refractivity contribution is 5.79. The van der Waals surface area contributed by atoms with Gasteiger partial charge in [0.25, 0.3) is 0 Å². The maximum atomic E-state index is 11.2. The van der Waals surface area contributed by atoms with Gasteiger partial charge in [0.15, 0.2) is 17.5 Å². The molecule has 0 unspecified atom stereocenters. The van der Waals surface area contributed by atoms with Crippen LogP contribution in [0.3, 0.4) is 0 Å². The number of guanidine groups is 1. The molecule has 1 heterocycles. The molecule has 0 spiro atoms. The Labute approximate surface area is 161 Å². The van der Waals surface area contributed by atoms with Gasteiger partial charge in [-0.3, -0.25) is 9.79 Å². The van der Waals surface area contributed by atoms with Gasteiger partial charge >= 0.3 is 5.97 Å². The third-order valence-corrected chi connectivity index (χ3v) is 4.27. The molecule has 0 radical (unpaired) electrons. The van der Waals surface area contributed by atoms with Crippen LogP contribution in [0.15, 0.2) is 23.2 Å². The number of carbonyl (C=O) groups is 1. The number of rotatable bonds is 11. The molecule has 1 aliphatic rings. The number of carbonyl (C=O) groups excluding carboxylic acids is 1. The second-order valence-corrected chi connectivity index (χ2v) is 6.33. The zero-order valence-electron chi connectivity index (χ0n) is 16.4. The molecule has 0 saturated carbocycles. The first-order valence-electron chi connectivity index (χ1n) is 9.71. The second kappa shape index (κ2) is 12.0. The summed E-state index contributed by atoms with van der Waals surface area (Å²) in [6.07, 6.45) is 5.46. The third-order valence-electron chi connectivity index (χ3n) is 4.27. The SMILES string of the molecule is CCOC(=O)CCCCCCNC(=NC)NCCc1ccc2c(c1)OCO2. The molecule has 7 nitrogen and oxygen atoms in total. The molecule has 0 atom stereocenters. The predicted octanol–water partition coefficient (Wildman–Crippen LogP) is 2.64. The van der Waals surface area contributed by atoms with Gasteiger partial charge in [0.2, 0.25) is 6.79 Å². The number of hydrogen-bond donors (Lipinski definition) is 2. The monoisotopic (exact) mass is 377 g/mol. The fourth-order valence-electron chi connectivity index (χ4n) is 2.83. The Bertz CT molecular complexity index is 619. The Balaban J connectivity index is 1.52. The van der Waals surface area contributed by atoms with Crippen molar-refractivity contribution in [2.45, 2.75) is 45.4 Å². The quantitative estimate of drug-likeness (QED) is 0.267. The first kappa shape index (κ1) is 20.9. The Kier molecular flexibility index (Phi) is 9.30. The molecule has 0 aliphatic carbocycles. The first-order valence-corrected chi connectivity index (χ1v) is 9.71. The minimum Gasteiger partial charge on any atom is -0.466 e. The van der Waals surface area contributed by atoms with Crippen molar-refractivity contribution < 1.29 is 19.0 Å². The lowest BCUT2D eigenvalue weighted by Crippen LogP contribution is -2.38. The molecule has 0 saturated heterocycles. The topological polar surface area (TPSA) is 81.2 Å². The first-order chi connectivity index (χ1) is 13.2. The van der Waals surface area contributed by atoms with Crippen LogP contribution >= 0.6 is 0 Å². The van der Waals surface area contributed by atoms with Crippen molar-refractivity contribution >= 4 is 11.9 Å². The molecule has 2 rings (SSSR count). The van der Waals surface area contributed by atoms with Gasteiger partial charge in [0, 0.05) is 26.6 Å². The summed E-state index contributed by atoms with van der Waals surface area (Å²) >= 11 is 0. The molecule has 1 aliphatic heterocycles. The van der Waals surface area contributed by atoms with Crippen LogP contribution in [-0.4, -0.2) is 45.5 Å². The van der Waals surface area contributed by atoms with E-state index in [9.17, 15) is 4.79 Å². The number of unbranched alkanes of at least 4 members (excludes halogenated alkanes) is 3. The van der Waals surface area contributed by atoms with Crippen LogP contribution in [0.5, 0.6) is 11.5 Å². The van der Waals surface area contributed by atoms with Crippen molar-refractivity contribution in [1.82, 2.24) is 10.6 Å². The molecule has 0 aromatic heterocycles. The fraction of sp³-hybridized carbons (Fsp3) is 0.600. The summed E-state index contributed by atoms with van der Waals surface area (Å²) in [5, 5.41) is 6.64. The fourth-order valence-corrected chi connectivity index (χ4v) is 2.83. The van der Waals surface area contributed by atoms with E-state index in [2.05, 4.69) is 21.7 Å². The minimum absolute atomic E-state index is 0.0947. The van der Waals surface area contributed by atoms with E-state index >= 15 is 0 Å². The van der Waals surface area contributed by atoms with Crippen LogP contribution in [0.1, 0.15) is 44.6 Å². The van der Waals surface area contributed by atoms with Crippen molar-refractivity contribution in [3.05, 3.63) is 23.8 Å². The van der Waals surface area contributed by atoms with Gasteiger partial charge in [-0.2, -0.15) is 0 Å². The summed E-state index contributed by atoms with van der Waals surface area (Å²) in [5.41, 5.74) is 1.20. The van der Waals surface area contributed by atoms with E-state index in [1.54, 1.807) is 7.05 Å². The molecule has 2 N–H and O–H groups in total. The van der Waals surface area contributed by atoms with Crippen LogP contribution in [-0.2, 0) is 16.0 Å². The van der Waals surface area contributed by atoms with Crippen LogP contribution in [0.25, 0.3) is 0 Å². The summed E-state index contributed by atoms with van der Waals surface area (Å²) in [4.78, 5) is 15.5. The number of hydrogen-bond acceptors (Lipinski definition) is 5. The van der Waals surface area contributed by atoms with Crippen molar-refractivity contribution in [3.63, 3.8) is 0 Å². The highest BCUT2D eigenvalue weighted by atomic mass is 16.7. The molecular formula is C20H31N3O4. The summed E-state index contributed by atoms with van der Waals surface area (Å²) in [5.74, 6) is 2.34. The second-order valence-electron chi connectivity index (χ2n) is 6.33. The molecule has 150 valence electrons. The van der Waals surface area contributed by atoms with Crippen molar-refractivity contribution in [1.29, 1.82) is 0 Å². The molecule has 1 aromatic rings. The van der Waals surface area contributed by atoms with Gasteiger partial charge in [-0.05, 0) is 43.9 Å². The van der Waals surface area contributed by atoms with Crippen LogP contribution in [0.4, 0.5) is 0 Å². The van der Waals surface area contributed by atoms with Gasteiger partial charge < -0.3 is 24.8 Å².